The Kier molecular flexibility index (Phi) is 8.17. The summed E-state index contributed by atoms with van der Waals surface area (Å²) in [5, 5.41) is 0. The summed E-state index contributed by atoms with van der Waals surface area (Å²) in [6.07, 6.45) is -30.2. The van der Waals surface area contributed by atoms with Gasteiger partial charge in [-0.15, -0.1) is 0 Å². The third-order valence-electron chi connectivity index (χ3n) is 3.25. The van der Waals surface area contributed by atoms with Crippen molar-refractivity contribution < 1.29 is 98.8 Å². The van der Waals surface area contributed by atoms with E-state index in [9.17, 15) is 79.8 Å². The third kappa shape index (κ3) is 4.91. The van der Waals surface area contributed by atoms with Crippen molar-refractivity contribution in [2.24, 2.45) is 0 Å². The molecular weight excluding hydrogens is 544 g/mol. The van der Waals surface area contributed by atoms with Gasteiger partial charge in [-0.05, 0) is 0 Å². The number of hydrogen-bond donors (Lipinski definition) is 0. The molecule has 34 heavy (non-hydrogen) atoms. The number of rotatable bonds is 11. The van der Waals surface area contributed by atoms with Gasteiger partial charge in [-0.2, -0.15) is 70.2 Å². The van der Waals surface area contributed by atoms with Crippen LogP contribution < -0.4 is 0 Å². The monoisotopic (exact) mass is 550 g/mol. The zero-order valence-electron chi connectivity index (χ0n) is 15.5. The molecule has 22 heteroatoms. The fourth-order valence-electron chi connectivity index (χ4n) is 1.44. The van der Waals surface area contributed by atoms with Crippen LogP contribution in [0.5, 0.6) is 0 Å². The Morgan fingerprint density at radius 2 is 0.647 bits per heavy atom. The number of methoxy groups -OCH3 is 2. The van der Waals surface area contributed by atoms with E-state index in [-0.39, 0.29) is 14.2 Å². The molecule has 0 aliphatic rings. The molecule has 0 saturated heterocycles. The molecule has 0 fully saturated rings. The van der Waals surface area contributed by atoms with E-state index in [4.69, 9.17) is 0 Å². The third-order valence-corrected chi connectivity index (χ3v) is 3.25. The number of esters is 2. The van der Waals surface area contributed by atoms with Crippen LogP contribution in [0, 0.1) is 0 Å². The lowest BCUT2D eigenvalue weighted by molar-refractivity contribution is -0.526. The first kappa shape index (κ1) is 31.7. The highest BCUT2D eigenvalue weighted by Gasteiger charge is 2.87. The Balaban J connectivity index is 6.35. The lowest BCUT2D eigenvalue weighted by atomic mass is 10.1. The summed E-state index contributed by atoms with van der Waals surface area (Å²) in [5.74, 6) is -36.8. The zero-order valence-corrected chi connectivity index (χ0v) is 15.5. The number of hydrogen-bond acceptors (Lipinski definition) is 6. The summed E-state index contributed by atoms with van der Waals surface area (Å²) < 4.78 is 220. The van der Waals surface area contributed by atoms with Crippen molar-refractivity contribution >= 4 is 11.9 Å². The van der Waals surface area contributed by atoms with Crippen LogP contribution in [0.3, 0.4) is 0 Å². The molecule has 0 N–H and O–H groups in total. The molecule has 0 aliphatic carbocycles. The molecule has 202 valence electrons. The topological polar surface area (TPSA) is 71.1 Å². The molecule has 0 saturated carbocycles. The van der Waals surface area contributed by atoms with Crippen molar-refractivity contribution in [1.29, 1.82) is 0 Å². The van der Waals surface area contributed by atoms with Gasteiger partial charge in [0.1, 0.15) is 0 Å². The van der Waals surface area contributed by atoms with E-state index in [0.717, 1.165) is 0 Å². The average molecular weight is 550 g/mol. The SMILES string of the molecule is COC(=O)C(F)(F)C(F)(F)OC(F)(F)C(F)(F)C(F)(F)C(F)(F)OC(F)(F)C(F)(F)C(=O)OC. The predicted molar refractivity (Wildman–Crippen MR) is 65.8 cm³/mol. The Morgan fingerprint density at radius 1 is 0.441 bits per heavy atom. The van der Waals surface area contributed by atoms with Crippen LogP contribution in [0.2, 0.25) is 0 Å². The van der Waals surface area contributed by atoms with Crippen molar-refractivity contribution in [1.82, 2.24) is 0 Å². The Hall–Kier alpha value is -2.26. The summed E-state index contributed by atoms with van der Waals surface area (Å²) in [5.41, 5.74) is 0. The standard InChI is InChI=1S/C12H6F16O6/c1-31-3(29)5(13,14)9(21,22)33-11(25,26)7(17,18)8(19,20)12(27,28)34-10(23,24)6(15,16)4(30)32-2/h1-2H3. The van der Waals surface area contributed by atoms with Gasteiger partial charge in [-0.25, -0.2) is 19.1 Å². The highest BCUT2D eigenvalue weighted by atomic mass is 19.4. The van der Waals surface area contributed by atoms with Crippen LogP contribution >= 0.6 is 0 Å². The van der Waals surface area contributed by atoms with Crippen LogP contribution in [0.15, 0.2) is 0 Å². The van der Waals surface area contributed by atoms with E-state index in [1.165, 1.54) is 9.47 Å². The molecule has 0 aromatic heterocycles. The van der Waals surface area contributed by atoms with Crippen LogP contribution in [0.1, 0.15) is 0 Å². The quantitative estimate of drug-likeness (QED) is 0.283. The van der Waals surface area contributed by atoms with Crippen molar-refractivity contribution in [2.45, 2.75) is 48.1 Å². The first-order chi connectivity index (χ1) is 14.6. The number of halogens is 16. The minimum atomic E-state index is -8.25. The second-order valence-corrected chi connectivity index (χ2v) is 5.55. The first-order valence-corrected chi connectivity index (χ1v) is 7.22. The van der Waals surface area contributed by atoms with E-state index in [1.807, 2.05) is 0 Å². The number of ether oxygens (including phenoxy) is 4. The number of carbonyl (C=O) groups excluding carboxylic acids is 2. The summed E-state index contributed by atoms with van der Waals surface area (Å²) in [4.78, 5) is 20.9. The maximum Gasteiger partial charge on any atom is 0.435 e. The number of carbonyl (C=O) groups is 2. The smallest absolute Gasteiger partial charge is 0.435 e. The molecule has 0 aromatic rings. The van der Waals surface area contributed by atoms with Gasteiger partial charge in [0.05, 0.1) is 14.2 Å². The van der Waals surface area contributed by atoms with Gasteiger partial charge in [0.2, 0.25) is 0 Å². The van der Waals surface area contributed by atoms with Gasteiger partial charge in [0.25, 0.3) is 0 Å². The zero-order chi connectivity index (χ0) is 28.0. The second-order valence-electron chi connectivity index (χ2n) is 5.55. The van der Waals surface area contributed by atoms with E-state index in [0.29, 0.717) is 0 Å². The van der Waals surface area contributed by atoms with Gasteiger partial charge < -0.3 is 9.47 Å². The Labute approximate surface area is 174 Å². The summed E-state index contributed by atoms with van der Waals surface area (Å²) in [6.45, 7) is 0. The molecule has 0 aromatic carbocycles. The van der Waals surface area contributed by atoms with E-state index in [2.05, 4.69) is 9.47 Å². The van der Waals surface area contributed by atoms with Gasteiger partial charge in [-0.1, -0.05) is 0 Å². The van der Waals surface area contributed by atoms with Gasteiger partial charge in [0.15, 0.2) is 0 Å². The molecular formula is C12H6F16O6. The molecule has 0 spiro atoms. The highest BCUT2D eigenvalue weighted by Crippen LogP contribution is 2.57. The molecule has 0 amide bonds. The van der Waals surface area contributed by atoms with Crippen molar-refractivity contribution in [3.05, 3.63) is 0 Å². The molecule has 0 aliphatic heterocycles. The van der Waals surface area contributed by atoms with Gasteiger partial charge >= 0.3 is 60.1 Å². The molecule has 0 radical (unpaired) electrons. The number of alkyl halides is 16. The lowest BCUT2D eigenvalue weighted by Gasteiger charge is -2.38. The first-order valence-electron chi connectivity index (χ1n) is 7.22. The fraction of sp³-hybridized carbons (Fsp3) is 0.833. The van der Waals surface area contributed by atoms with Crippen LogP contribution in [0.25, 0.3) is 0 Å². The maximum atomic E-state index is 13.4. The second kappa shape index (κ2) is 8.75. The van der Waals surface area contributed by atoms with E-state index >= 15 is 0 Å². The van der Waals surface area contributed by atoms with Gasteiger partial charge in [0, 0.05) is 0 Å². The normalized spacial score (nSPS) is 15.2. The molecule has 0 bridgehead atoms. The largest absolute Gasteiger partial charge is 0.464 e. The molecule has 0 heterocycles. The molecule has 6 nitrogen and oxygen atoms in total. The summed E-state index contributed by atoms with van der Waals surface area (Å²) >= 11 is 0. The Morgan fingerprint density at radius 3 is 0.824 bits per heavy atom. The summed E-state index contributed by atoms with van der Waals surface area (Å²) in [7, 11) is -0.204. The van der Waals surface area contributed by atoms with E-state index < -0.39 is 60.1 Å². The van der Waals surface area contributed by atoms with Crippen LogP contribution in [0.4, 0.5) is 70.2 Å². The highest BCUT2D eigenvalue weighted by molar-refractivity contribution is 5.78. The Bertz CT molecular complexity index is 714. The van der Waals surface area contributed by atoms with Gasteiger partial charge in [-0.3, -0.25) is 0 Å². The molecule has 0 atom stereocenters. The average Bonchev–Trinajstić information content (AvgIpc) is 2.63. The minimum absolute atomic E-state index is 0.102. The molecule has 0 unspecified atom stereocenters. The van der Waals surface area contributed by atoms with E-state index in [1.54, 1.807) is 0 Å². The van der Waals surface area contributed by atoms with Crippen molar-refractivity contribution in [2.75, 3.05) is 14.2 Å². The minimum Gasteiger partial charge on any atom is -0.464 e. The molecule has 0 rings (SSSR count). The fourth-order valence-corrected chi connectivity index (χ4v) is 1.44. The lowest BCUT2D eigenvalue weighted by Crippen LogP contribution is -2.67. The van der Waals surface area contributed by atoms with Crippen molar-refractivity contribution in [3.8, 4) is 0 Å². The van der Waals surface area contributed by atoms with Crippen LogP contribution in [-0.4, -0.2) is 74.3 Å². The summed E-state index contributed by atoms with van der Waals surface area (Å²) in [6, 6.07) is 0. The van der Waals surface area contributed by atoms with Crippen LogP contribution in [-0.2, 0) is 28.5 Å². The predicted octanol–water partition coefficient (Wildman–Crippen LogP) is 4.28. The van der Waals surface area contributed by atoms with Crippen molar-refractivity contribution in [3.63, 3.8) is 0 Å². The maximum absolute atomic E-state index is 13.4.